The topological polar surface area (TPSA) is 78.1 Å². The van der Waals surface area contributed by atoms with Crippen molar-refractivity contribution in [3.05, 3.63) is 76.0 Å². The molecule has 0 aliphatic carbocycles. The van der Waals surface area contributed by atoms with Gasteiger partial charge in [-0.25, -0.2) is 4.98 Å². The van der Waals surface area contributed by atoms with Gasteiger partial charge < -0.3 is 14.6 Å². The Labute approximate surface area is 186 Å². The molecule has 0 aliphatic rings. The van der Waals surface area contributed by atoms with Crippen molar-refractivity contribution < 1.29 is 9.53 Å². The Kier molecular flexibility index (Phi) is 5.57. The first-order chi connectivity index (χ1) is 15.3. The average Bonchev–Trinajstić information content (AvgIpc) is 3.10. The number of nitrogens with one attached hydrogen (secondary N) is 1. The molecular formula is C25H26N4O3. The van der Waals surface area contributed by atoms with Crippen LogP contribution in [0.1, 0.15) is 16.7 Å². The van der Waals surface area contributed by atoms with E-state index in [-0.39, 0.29) is 18.0 Å². The second kappa shape index (κ2) is 8.34. The molecule has 0 spiro atoms. The number of amides is 1. The highest BCUT2D eigenvalue weighted by atomic mass is 16.5. The van der Waals surface area contributed by atoms with Gasteiger partial charge >= 0.3 is 0 Å². The van der Waals surface area contributed by atoms with E-state index < -0.39 is 0 Å². The molecule has 0 unspecified atom stereocenters. The molecule has 0 bridgehead atoms. The number of hydrogen-bond acceptors (Lipinski definition) is 4. The Morgan fingerprint density at radius 2 is 1.84 bits per heavy atom. The molecule has 32 heavy (non-hydrogen) atoms. The van der Waals surface area contributed by atoms with E-state index in [0.29, 0.717) is 11.0 Å². The van der Waals surface area contributed by atoms with Crippen molar-refractivity contribution in [1.29, 1.82) is 0 Å². The number of aryl methyl sites for hydroxylation is 4. The SMILES string of the molecule is COc1cccc(-c2cn(C)c3c(=O)n(CC(=O)Nc4c(C)cc(C)cc4C)cnc23)c1. The van der Waals surface area contributed by atoms with Gasteiger partial charge in [-0.15, -0.1) is 0 Å². The van der Waals surface area contributed by atoms with Crippen molar-refractivity contribution in [3.8, 4) is 16.9 Å². The molecule has 2 aromatic heterocycles. The van der Waals surface area contributed by atoms with Crippen LogP contribution in [0.25, 0.3) is 22.2 Å². The molecule has 7 heteroatoms. The summed E-state index contributed by atoms with van der Waals surface area (Å²) in [5.74, 6) is 0.455. The van der Waals surface area contributed by atoms with Gasteiger partial charge in [-0.3, -0.25) is 14.2 Å². The van der Waals surface area contributed by atoms with Crippen LogP contribution in [0.15, 0.2) is 53.7 Å². The summed E-state index contributed by atoms with van der Waals surface area (Å²) < 4.78 is 8.41. The number of carbonyl (C=O) groups excluding carboxylic acids is 1. The van der Waals surface area contributed by atoms with Crippen LogP contribution in [0, 0.1) is 20.8 Å². The number of aromatic nitrogens is 3. The number of nitrogens with zero attached hydrogens (tertiary/aromatic N) is 3. The van der Waals surface area contributed by atoms with E-state index in [0.717, 1.165) is 39.3 Å². The molecule has 2 aromatic carbocycles. The quantitative estimate of drug-likeness (QED) is 0.520. The van der Waals surface area contributed by atoms with Crippen molar-refractivity contribution in [2.24, 2.45) is 7.05 Å². The van der Waals surface area contributed by atoms with E-state index in [1.807, 2.05) is 63.4 Å². The van der Waals surface area contributed by atoms with Gasteiger partial charge in [0.05, 0.1) is 13.4 Å². The number of rotatable bonds is 5. The summed E-state index contributed by atoms with van der Waals surface area (Å²) >= 11 is 0. The van der Waals surface area contributed by atoms with Crippen LogP contribution in [-0.2, 0) is 18.4 Å². The number of benzene rings is 2. The minimum Gasteiger partial charge on any atom is -0.497 e. The van der Waals surface area contributed by atoms with Crippen LogP contribution >= 0.6 is 0 Å². The van der Waals surface area contributed by atoms with E-state index >= 15 is 0 Å². The minimum atomic E-state index is -0.273. The Morgan fingerprint density at radius 3 is 2.53 bits per heavy atom. The van der Waals surface area contributed by atoms with Gasteiger partial charge in [0.2, 0.25) is 5.91 Å². The number of carbonyl (C=O) groups is 1. The number of hydrogen-bond donors (Lipinski definition) is 1. The lowest BCUT2D eigenvalue weighted by molar-refractivity contribution is -0.116. The Hall–Kier alpha value is -3.87. The summed E-state index contributed by atoms with van der Waals surface area (Å²) in [6.45, 7) is 5.82. The third kappa shape index (κ3) is 3.89. The van der Waals surface area contributed by atoms with Crippen LogP contribution in [0.3, 0.4) is 0 Å². The standard InChI is InChI=1S/C25H26N4O3/c1-15-9-16(2)22(17(3)10-15)27-21(30)13-29-14-26-23-20(12-28(4)24(23)25(29)31)18-7-6-8-19(11-18)32-5/h6-12,14H,13H2,1-5H3,(H,27,30). The average molecular weight is 431 g/mol. The molecule has 4 aromatic rings. The lowest BCUT2D eigenvalue weighted by Crippen LogP contribution is -2.29. The normalized spacial score (nSPS) is 11.0. The molecule has 1 N–H and O–H groups in total. The third-order valence-electron chi connectivity index (χ3n) is 5.58. The maximum Gasteiger partial charge on any atom is 0.278 e. The van der Waals surface area contributed by atoms with E-state index in [9.17, 15) is 9.59 Å². The third-order valence-corrected chi connectivity index (χ3v) is 5.58. The van der Waals surface area contributed by atoms with Crippen LogP contribution in [-0.4, -0.2) is 27.1 Å². The van der Waals surface area contributed by atoms with Gasteiger partial charge in [0.15, 0.2) is 0 Å². The first-order valence-corrected chi connectivity index (χ1v) is 10.3. The van der Waals surface area contributed by atoms with E-state index in [4.69, 9.17) is 4.74 Å². The second-order valence-electron chi connectivity index (χ2n) is 8.08. The maximum absolute atomic E-state index is 13.2. The number of ether oxygens (including phenoxy) is 1. The number of fused-ring (bicyclic) bond motifs is 1. The van der Waals surface area contributed by atoms with Crippen LogP contribution < -0.4 is 15.6 Å². The highest BCUT2D eigenvalue weighted by molar-refractivity contribution is 5.94. The fourth-order valence-electron chi connectivity index (χ4n) is 4.14. The van der Waals surface area contributed by atoms with Gasteiger partial charge in [0.25, 0.3) is 5.56 Å². The molecule has 2 heterocycles. The zero-order valence-corrected chi connectivity index (χ0v) is 18.9. The highest BCUT2D eigenvalue weighted by Gasteiger charge is 2.17. The smallest absolute Gasteiger partial charge is 0.278 e. The van der Waals surface area contributed by atoms with Crippen LogP contribution in [0.2, 0.25) is 0 Å². The van der Waals surface area contributed by atoms with Gasteiger partial charge in [0, 0.05) is 24.5 Å². The van der Waals surface area contributed by atoms with Gasteiger partial charge in [-0.05, 0) is 49.6 Å². The molecule has 0 saturated carbocycles. The Bertz CT molecular complexity index is 1380. The van der Waals surface area contributed by atoms with E-state index in [1.54, 1.807) is 18.7 Å². The van der Waals surface area contributed by atoms with Gasteiger partial charge in [-0.2, -0.15) is 0 Å². The molecule has 1 amide bonds. The molecular weight excluding hydrogens is 404 g/mol. The second-order valence-corrected chi connectivity index (χ2v) is 8.08. The number of methoxy groups -OCH3 is 1. The van der Waals surface area contributed by atoms with Crippen molar-refractivity contribution >= 4 is 22.6 Å². The van der Waals surface area contributed by atoms with Crippen molar-refractivity contribution in [2.45, 2.75) is 27.3 Å². The molecule has 0 atom stereocenters. The van der Waals surface area contributed by atoms with E-state index in [2.05, 4.69) is 10.3 Å². The van der Waals surface area contributed by atoms with Crippen LogP contribution in [0.5, 0.6) is 5.75 Å². The molecule has 0 radical (unpaired) electrons. The van der Waals surface area contributed by atoms with Crippen LogP contribution in [0.4, 0.5) is 5.69 Å². The maximum atomic E-state index is 13.2. The lowest BCUT2D eigenvalue weighted by atomic mass is 10.1. The molecule has 7 nitrogen and oxygen atoms in total. The molecule has 0 saturated heterocycles. The first-order valence-electron chi connectivity index (χ1n) is 10.3. The summed E-state index contributed by atoms with van der Waals surface area (Å²) in [7, 11) is 3.42. The predicted molar refractivity (Wildman–Crippen MR) is 126 cm³/mol. The monoisotopic (exact) mass is 430 g/mol. The van der Waals surface area contributed by atoms with Crippen molar-refractivity contribution in [3.63, 3.8) is 0 Å². The predicted octanol–water partition coefficient (Wildman–Crippen LogP) is 3.97. The summed E-state index contributed by atoms with van der Waals surface area (Å²) in [4.78, 5) is 30.4. The van der Waals surface area contributed by atoms with Gasteiger partial charge in [0.1, 0.15) is 23.3 Å². The zero-order valence-electron chi connectivity index (χ0n) is 18.9. The van der Waals surface area contributed by atoms with E-state index in [1.165, 1.54) is 10.9 Å². The largest absolute Gasteiger partial charge is 0.497 e. The summed E-state index contributed by atoms with van der Waals surface area (Å²) in [6.07, 6.45) is 3.31. The highest BCUT2D eigenvalue weighted by Crippen LogP contribution is 2.29. The lowest BCUT2D eigenvalue weighted by Gasteiger charge is -2.13. The van der Waals surface area contributed by atoms with Gasteiger partial charge in [-0.1, -0.05) is 29.8 Å². The molecule has 164 valence electrons. The fourth-order valence-corrected chi connectivity index (χ4v) is 4.14. The summed E-state index contributed by atoms with van der Waals surface area (Å²) in [5, 5.41) is 2.94. The molecule has 4 rings (SSSR count). The fraction of sp³-hybridized carbons (Fsp3) is 0.240. The zero-order chi connectivity index (χ0) is 23.0. The molecule has 0 fully saturated rings. The minimum absolute atomic E-state index is 0.117. The van der Waals surface area contributed by atoms with Crippen molar-refractivity contribution in [2.75, 3.05) is 12.4 Å². The first kappa shape index (κ1) is 21.4. The molecule has 0 aliphatic heterocycles. The summed E-state index contributed by atoms with van der Waals surface area (Å²) in [5.41, 5.74) is 6.40. The Balaban J connectivity index is 1.67. The number of anilines is 1. The summed E-state index contributed by atoms with van der Waals surface area (Å²) in [6, 6.07) is 11.7. The van der Waals surface area contributed by atoms with Crippen molar-refractivity contribution in [1.82, 2.24) is 14.1 Å². The Morgan fingerprint density at radius 1 is 1.12 bits per heavy atom.